The van der Waals surface area contributed by atoms with Crippen molar-refractivity contribution in [2.75, 3.05) is 0 Å². The number of nitrogens with one attached hydrogen (secondary N) is 1. The fraction of sp³-hybridized carbons (Fsp3) is 0.500. The Hall–Kier alpha value is -0.610. The van der Waals surface area contributed by atoms with Crippen molar-refractivity contribution in [3.63, 3.8) is 0 Å². The van der Waals surface area contributed by atoms with Crippen LogP contribution in [0.3, 0.4) is 0 Å². The van der Waals surface area contributed by atoms with Gasteiger partial charge in [0.05, 0.1) is 0 Å². The maximum absolute atomic E-state index is 11.4. The van der Waals surface area contributed by atoms with E-state index in [4.69, 9.17) is 11.6 Å². The van der Waals surface area contributed by atoms with E-state index < -0.39 is 0 Å². The minimum atomic E-state index is -0.113. The first-order valence-corrected chi connectivity index (χ1v) is 5.34. The molecule has 3 nitrogen and oxygen atoms in total. The maximum Gasteiger partial charge on any atom is 0.271 e. The molecule has 0 radical (unpaired) electrons. The van der Waals surface area contributed by atoms with E-state index in [1.54, 1.807) is 5.38 Å². The smallest absolute Gasteiger partial charge is 0.271 e. The fourth-order valence-electron chi connectivity index (χ4n) is 1.12. The first-order chi connectivity index (χ1) is 6.16. The van der Waals surface area contributed by atoms with E-state index in [9.17, 15) is 4.79 Å². The van der Waals surface area contributed by atoms with E-state index in [1.807, 2.05) is 0 Å². The van der Waals surface area contributed by atoms with E-state index in [0.717, 1.165) is 6.42 Å². The Labute approximate surface area is 85.1 Å². The number of carbonyl (C=O) groups excluding carboxylic acids is 1. The molecule has 0 bridgehead atoms. The van der Waals surface area contributed by atoms with Gasteiger partial charge in [0.2, 0.25) is 0 Å². The topological polar surface area (TPSA) is 42.0 Å². The zero-order chi connectivity index (χ0) is 9.42. The van der Waals surface area contributed by atoms with Crippen LogP contribution in [0.5, 0.6) is 0 Å². The average Bonchev–Trinajstić information content (AvgIpc) is 2.62. The number of nitrogens with zero attached hydrogens (tertiary/aromatic N) is 1. The summed E-state index contributed by atoms with van der Waals surface area (Å²) in [5.41, 5.74) is 0.425. The van der Waals surface area contributed by atoms with Gasteiger partial charge in [-0.3, -0.25) is 4.79 Å². The molecular formula is C8H9ClN2OS. The Morgan fingerprint density at radius 1 is 1.85 bits per heavy atom. The molecule has 2 unspecified atom stereocenters. The van der Waals surface area contributed by atoms with Crippen molar-refractivity contribution >= 4 is 28.8 Å². The Kier molecular flexibility index (Phi) is 2.26. The van der Waals surface area contributed by atoms with Gasteiger partial charge >= 0.3 is 0 Å². The van der Waals surface area contributed by atoms with Gasteiger partial charge in [-0.2, -0.15) is 0 Å². The molecule has 13 heavy (non-hydrogen) atoms. The van der Waals surface area contributed by atoms with Crippen LogP contribution in [0, 0.1) is 5.92 Å². The Bertz CT molecular complexity index is 339. The quantitative estimate of drug-likeness (QED) is 0.821. The summed E-state index contributed by atoms with van der Waals surface area (Å²) in [7, 11) is 0. The second-order valence-electron chi connectivity index (χ2n) is 3.28. The molecule has 1 saturated carbocycles. The molecule has 1 fully saturated rings. The van der Waals surface area contributed by atoms with Crippen LogP contribution < -0.4 is 5.32 Å². The van der Waals surface area contributed by atoms with Gasteiger partial charge < -0.3 is 5.32 Å². The highest BCUT2D eigenvalue weighted by Gasteiger charge is 2.34. The highest BCUT2D eigenvalue weighted by molar-refractivity contribution is 7.14. The molecule has 0 spiro atoms. The van der Waals surface area contributed by atoms with Crippen molar-refractivity contribution in [3.05, 3.63) is 15.5 Å². The summed E-state index contributed by atoms with van der Waals surface area (Å²) in [6.45, 7) is 2.11. The molecule has 0 saturated heterocycles. The summed E-state index contributed by atoms with van der Waals surface area (Å²) in [5.74, 6) is 0.496. The van der Waals surface area contributed by atoms with E-state index in [0.29, 0.717) is 22.1 Å². The molecule has 2 atom stereocenters. The van der Waals surface area contributed by atoms with Crippen LogP contribution in [0.15, 0.2) is 5.38 Å². The first kappa shape index (κ1) is 8.97. The van der Waals surface area contributed by atoms with Crippen molar-refractivity contribution in [2.45, 2.75) is 19.4 Å². The predicted octanol–water partition coefficient (Wildman–Crippen LogP) is 1.93. The molecule has 1 aliphatic carbocycles. The molecule has 1 aromatic rings. The van der Waals surface area contributed by atoms with Gasteiger partial charge in [-0.05, 0) is 12.3 Å². The maximum atomic E-state index is 11.4. The summed E-state index contributed by atoms with van der Waals surface area (Å²) in [4.78, 5) is 15.3. The Morgan fingerprint density at radius 3 is 3.00 bits per heavy atom. The number of hydrogen-bond acceptors (Lipinski definition) is 3. The lowest BCUT2D eigenvalue weighted by molar-refractivity contribution is 0.0945. The van der Waals surface area contributed by atoms with E-state index in [-0.39, 0.29) is 5.91 Å². The number of thiazole rings is 1. The van der Waals surface area contributed by atoms with Crippen molar-refractivity contribution < 1.29 is 4.79 Å². The summed E-state index contributed by atoms with van der Waals surface area (Å²) >= 11 is 6.89. The lowest BCUT2D eigenvalue weighted by Gasteiger charge is -1.98. The van der Waals surface area contributed by atoms with Crippen molar-refractivity contribution in [3.8, 4) is 0 Å². The molecule has 1 amide bonds. The highest BCUT2D eigenvalue weighted by Crippen LogP contribution is 2.29. The van der Waals surface area contributed by atoms with Crippen LogP contribution in [-0.2, 0) is 0 Å². The number of amides is 1. The molecule has 5 heteroatoms. The van der Waals surface area contributed by atoms with Crippen LogP contribution in [0.1, 0.15) is 23.8 Å². The molecule has 0 aromatic carbocycles. The lowest BCUT2D eigenvalue weighted by Crippen LogP contribution is -2.26. The number of aromatic nitrogens is 1. The number of halogens is 1. The molecule has 1 aromatic heterocycles. The lowest BCUT2D eigenvalue weighted by atomic mass is 10.4. The second kappa shape index (κ2) is 3.27. The van der Waals surface area contributed by atoms with Gasteiger partial charge in [-0.1, -0.05) is 18.5 Å². The van der Waals surface area contributed by atoms with Crippen LogP contribution >= 0.6 is 22.9 Å². The third kappa shape index (κ3) is 2.00. The minimum Gasteiger partial charge on any atom is -0.348 e. The van der Waals surface area contributed by atoms with Gasteiger partial charge in [0.1, 0.15) is 5.69 Å². The standard InChI is InChI=1S/C8H9ClN2OS/c1-4-2-5(4)10-7(12)6-3-13-8(9)11-6/h3-5H,2H2,1H3,(H,10,12). The van der Waals surface area contributed by atoms with Crippen molar-refractivity contribution in [1.82, 2.24) is 10.3 Å². The Morgan fingerprint density at radius 2 is 2.54 bits per heavy atom. The Balaban J connectivity index is 1.97. The molecule has 0 aliphatic heterocycles. The monoisotopic (exact) mass is 216 g/mol. The number of rotatable bonds is 2. The van der Waals surface area contributed by atoms with Gasteiger partial charge in [-0.15, -0.1) is 11.3 Å². The summed E-state index contributed by atoms with van der Waals surface area (Å²) in [6, 6.07) is 0.341. The van der Waals surface area contributed by atoms with Crippen LogP contribution in [0.2, 0.25) is 4.47 Å². The van der Waals surface area contributed by atoms with E-state index in [1.165, 1.54) is 11.3 Å². The summed E-state index contributed by atoms with van der Waals surface area (Å²) < 4.78 is 0.411. The minimum absolute atomic E-state index is 0.113. The van der Waals surface area contributed by atoms with Gasteiger partial charge in [0, 0.05) is 11.4 Å². The largest absolute Gasteiger partial charge is 0.348 e. The predicted molar refractivity (Wildman–Crippen MR) is 52.2 cm³/mol. The van der Waals surface area contributed by atoms with Crippen molar-refractivity contribution in [2.24, 2.45) is 5.92 Å². The van der Waals surface area contributed by atoms with Gasteiger partial charge in [0.25, 0.3) is 5.91 Å². The molecule has 1 aliphatic rings. The van der Waals surface area contributed by atoms with Gasteiger partial charge in [0.15, 0.2) is 4.47 Å². The molecule has 1 N–H and O–H groups in total. The van der Waals surface area contributed by atoms with Crippen LogP contribution in [0.25, 0.3) is 0 Å². The van der Waals surface area contributed by atoms with Crippen LogP contribution in [-0.4, -0.2) is 16.9 Å². The van der Waals surface area contributed by atoms with Crippen molar-refractivity contribution in [1.29, 1.82) is 0 Å². The van der Waals surface area contributed by atoms with Crippen LogP contribution in [0.4, 0.5) is 0 Å². The molecule has 70 valence electrons. The third-order valence-corrected chi connectivity index (χ3v) is 3.11. The van der Waals surface area contributed by atoms with Gasteiger partial charge in [-0.25, -0.2) is 4.98 Å². The highest BCUT2D eigenvalue weighted by atomic mass is 35.5. The summed E-state index contributed by atoms with van der Waals surface area (Å²) in [5, 5.41) is 4.55. The third-order valence-electron chi connectivity index (χ3n) is 2.13. The fourth-order valence-corrected chi connectivity index (χ4v) is 1.87. The molecular weight excluding hydrogens is 208 g/mol. The average molecular weight is 217 g/mol. The first-order valence-electron chi connectivity index (χ1n) is 4.08. The van der Waals surface area contributed by atoms with E-state index in [2.05, 4.69) is 17.2 Å². The van der Waals surface area contributed by atoms with E-state index >= 15 is 0 Å². The number of hydrogen-bond donors (Lipinski definition) is 1. The number of carbonyl (C=O) groups is 1. The summed E-state index contributed by atoms with van der Waals surface area (Å²) in [6.07, 6.45) is 1.07. The zero-order valence-electron chi connectivity index (χ0n) is 7.08. The normalized spacial score (nSPS) is 25.7. The molecule has 2 rings (SSSR count). The second-order valence-corrected chi connectivity index (χ2v) is 4.72. The molecule has 1 heterocycles. The zero-order valence-corrected chi connectivity index (χ0v) is 8.65. The SMILES string of the molecule is CC1CC1NC(=O)c1csc(Cl)n1.